The average molecular weight is 471 g/mol. The SMILES string of the molecule is CC1CCN(CCCNC(=O)CCCc2nnc3c(=O)n(-c4ccc(Cl)cc4)ccn23)CC1. The minimum Gasteiger partial charge on any atom is -0.356 e. The van der Waals surface area contributed by atoms with Gasteiger partial charge in [0.05, 0.1) is 0 Å². The Morgan fingerprint density at radius 2 is 1.88 bits per heavy atom. The predicted molar refractivity (Wildman–Crippen MR) is 129 cm³/mol. The topological polar surface area (TPSA) is 84.5 Å². The van der Waals surface area contributed by atoms with Crippen LogP contribution < -0.4 is 10.9 Å². The summed E-state index contributed by atoms with van der Waals surface area (Å²) in [4.78, 5) is 27.5. The van der Waals surface area contributed by atoms with E-state index in [1.165, 1.54) is 30.5 Å². The third kappa shape index (κ3) is 6.00. The van der Waals surface area contributed by atoms with Gasteiger partial charge in [0.2, 0.25) is 11.6 Å². The second-order valence-corrected chi connectivity index (χ2v) is 9.28. The van der Waals surface area contributed by atoms with E-state index in [2.05, 4.69) is 27.3 Å². The number of nitrogens with one attached hydrogen (secondary N) is 1. The molecule has 1 aromatic carbocycles. The number of carbonyl (C=O) groups excluding carboxylic acids is 1. The van der Waals surface area contributed by atoms with Crippen molar-refractivity contribution in [3.63, 3.8) is 0 Å². The molecule has 0 bridgehead atoms. The van der Waals surface area contributed by atoms with E-state index in [1.807, 2.05) is 0 Å². The van der Waals surface area contributed by atoms with Gasteiger partial charge < -0.3 is 10.2 Å². The highest BCUT2D eigenvalue weighted by Crippen LogP contribution is 2.16. The number of nitrogens with zero attached hydrogens (tertiary/aromatic N) is 5. The average Bonchev–Trinajstić information content (AvgIpc) is 3.23. The smallest absolute Gasteiger partial charge is 0.300 e. The monoisotopic (exact) mass is 470 g/mol. The molecule has 0 unspecified atom stereocenters. The number of hydrogen-bond acceptors (Lipinski definition) is 5. The van der Waals surface area contributed by atoms with Crippen LogP contribution in [0.3, 0.4) is 0 Å². The highest BCUT2D eigenvalue weighted by molar-refractivity contribution is 6.30. The van der Waals surface area contributed by atoms with Crippen LogP contribution in [0.5, 0.6) is 0 Å². The largest absolute Gasteiger partial charge is 0.356 e. The van der Waals surface area contributed by atoms with Crippen molar-refractivity contribution < 1.29 is 4.79 Å². The van der Waals surface area contributed by atoms with Crippen LogP contribution >= 0.6 is 11.6 Å². The van der Waals surface area contributed by atoms with Gasteiger partial charge in [-0.25, -0.2) is 0 Å². The molecule has 0 atom stereocenters. The summed E-state index contributed by atoms with van der Waals surface area (Å²) < 4.78 is 3.22. The summed E-state index contributed by atoms with van der Waals surface area (Å²) in [5, 5.41) is 11.9. The zero-order valence-corrected chi connectivity index (χ0v) is 19.8. The van der Waals surface area contributed by atoms with Crippen molar-refractivity contribution in [2.24, 2.45) is 5.92 Å². The summed E-state index contributed by atoms with van der Waals surface area (Å²) >= 11 is 5.94. The molecule has 3 aromatic rings. The number of benzene rings is 1. The summed E-state index contributed by atoms with van der Waals surface area (Å²) in [5.41, 5.74) is 0.724. The summed E-state index contributed by atoms with van der Waals surface area (Å²) in [7, 11) is 0. The first-order chi connectivity index (χ1) is 16.0. The van der Waals surface area contributed by atoms with Gasteiger partial charge in [-0.1, -0.05) is 18.5 Å². The molecular formula is C24H31ClN6O2. The number of piperidine rings is 1. The van der Waals surface area contributed by atoms with Gasteiger partial charge in [0.25, 0.3) is 0 Å². The molecule has 0 spiro atoms. The Labute approximate surface area is 198 Å². The van der Waals surface area contributed by atoms with Crippen LogP contribution in [0.25, 0.3) is 11.3 Å². The number of amides is 1. The molecule has 2 aromatic heterocycles. The van der Waals surface area contributed by atoms with Crippen LogP contribution in [0.2, 0.25) is 5.02 Å². The van der Waals surface area contributed by atoms with Crippen molar-refractivity contribution >= 4 is 23.2 Å². The molecule has 0 aliphatic carbocycles. The summed E-state index contributed by atoms with van der Waals surface area (Å²) in [6, 6.07) is 7.04. The maximum atomic E-state index is 12.8. The molecule has 4 rings (SSSR count). The van der Waals surface area contributed by atoms with E-state index in [0.29, 0.717) is 42.3 Å². The van der Waals surface area contributed by atoms with E-state index in [0.717, 1.165) is 18.9 Å². The number of halogens is 1. The van der Waals surface area contributed by atoms with E-state index >= 15 is 0 Å². The van der Waals surface area contributed by atoms with E-state index < -0.39 is 0 Å². The maximum absolute atomic E-state index is 12.8. The van der Waals surface area contributed by atoms with Crippen LogP contribution in [-0.2, 0) is 11.2 Å². The number of hydrogen-bond donors (Lipinski definition) is 1. The molecule has 0 radical (unpaired) electrons. The molecular weight excluding hydrogens is 440 g/mol. The molecule has 9 heteroatoms. The standard InChI is InChI=1S/C24H31ClN6O2/c1-18-10-14-29(15-11-18)13-3-12-26-22(32)5-2-4-21-27-28-23-24(33)30(16-17-31(21)23)20-8-6-19(25)7-9-20/h6-9,16-18H,2-5,10-15H2,1H3,(H,26,32). The molecule has 1 amide bonds. The van der Waals surface area contributed by atoms with Crippen LogP contribution in [0, 0.1) is 5.92 Å². The first kappa shape index (κ1) is 23.4. The van der Waals surface area contributed by atoms with Gasteiger partial charge in [-0.2, -0.15) is 0 Å². The van der Waals surface area contributed by atoms with Crippen LogP contribution in [0.15, 0.2) is 41.5 Å². The zero-order valence-electron chi connectivity index (χ0n) is 19.0. The van der Waals surface area contributed by atoms with Crippen molar-refractivity contribution in [2.45, 2.75) is 45.4 Å². The van der Waals surface area contributed by atoms with Gasteiger partial charge in [-0.05, 0) is 75.5 Å². The zero-order chi connectivity index (χ0) is 23.2. The lowest BCUT2D eigenvalue weighted by Crippen LogP contribution is -2.35. The second kappa shape index (κ2) is 10.9. The Morgan fingerprint density at radius 3 is 2.64 bits per heavy atom. The Bertz CT molecular complexity index is 1130. The van der Waals surface area contributed by atoms with E-state index in [-0.39, 0.29) is 17.1 Å². The number of likely N-dealkylation sites (tertiary alicyclic amines) is 1. The van der Waals surface area contributed by atoms with Crippen LogP contribution in [0.1, 0.15) is 44.9 Å². The lowest BCUT2D eigenvalue weighted by Gasteiger charge is -2.30. The van der Waals surface area contributed by atoms with Gasteiger partial charge in [-0.3, -0.25) is 18.6 Å². The first-order valence-electron chi connectivity index (χ1n) is 11.7. The van der Waals surface area contributed by atoms with E-state index in [9.17, 15) is 9.59 Å². The van der Waals surface area contributed by atoms with Gasteiger partial charge >= 0.3 is 5.56 Å². The number of aryl methyl sites for hydroxylation is 1. The minimum absolute atomic E-state index is 0.0566. The Hall–Kier alpha value is -2.71. The van der Waals surface area contributed by atoms with Gasteiger partial charge in [0.1, 0.15) is 5.82 Å². The third-order valence-electron chi connectivity index (χ3n) is 6.30. The fourth-order valence-electron chi connectivity index (χ4n) is 4.22. The summed E-state index contributed by atoms with van der Waals surface area (Å²) in [5.74, 6) is 1.58. The van der Waals surface area contributed by atoms with Gasteiger partial charge in [0, 0.05) is 42.5 Å². The van der Waals surface area contributed by atoms with Crippen LogP contribution in [-0.4, -0.2) is 56.2 Å². The molecule has 176 valence electrons. The Morgan fingerprint density at radius 1 is 1.12 bits per heavy atom. The molecule has 1 N–H and O–H groups in total. The minimum atomic E-state index is -0.250. The number of carbonyl (C=O) groups is 1. The van der Waals surface area contributed by atoms with Crippen molar-refractivity contribution in [2.75, 3.05) is 26.2 Å². The Balaban J connectivity index is 1.24. The normalized spacial score (nSPS) is 15.2. The fraction of sp³-hybridized carbons (Fsp3) is 0.500. The summed E-state index contributed by atoms with van der Waals surface area (Å²) in [6.45, 7) is 6.42. The quantitative estimate of drug-likeness (QED) is 0.486. The molecule has 0 saturated carbocycles. The molecule has 3 heterocycles. The van der Waals surface area contributed by atoms with E-state index in [1.54, 1.807) is 41.1 Å². The number of aromatic nitrogens is 4. The number of fused-ring (bicyclic) bond motifs is 1. The molecule has 1 aliphatic heterocycles. The van der Waals surface area contributed by atoms with Crippen molar-refractivity contribution in [3.05, 3.63) is 57.9 Å². The van der Waals surface area contributed by atoms with Crippen molar-refractivity contribution in [1.82, 2.24) is 29.4 Å². The molecule has 1 fully saturated rings. The van der Waals surface area contributed by atoms with E-state index in [4.69, 9.17) is 11.6 Å². The molecule has 1 aliphatic rings. The first-order valence-corrected chi connectivity index (χ1v) is 12.1. The Kier molecular flexibility index (Phi) is 7.77. The maximum Gasteiger partial charge on any atom is 0.300 e. The summed E-state index contributed by atoms with van der Waals surface area (Å²) in [6.07, 6.45) is 8.66. The molecule has 33 heavy (non-hydrogen) atoms. The van der Waals surface area contributed by atoms with Crippen molar-refractivity contribution in [3.8, 4) is 5.69 Å². The highest BCUT2D eigenvalue weighted by Gasteiger charge is 2.15. The van der Waals surface area contributed by atoms with Gasteiger partial charge in [-0.15, -0.1) is 10.2 Å². The fourth-order valence-corrected chi connectivity index (χ4v) is 4.35. The molecule has 8 nitrogen and oxygen atoms in total. The molecule has 1 saturated heterocycles. The third-order valence-corrected chi connectivity index (χ3v) is 6.55. The highest BCUT2D eigenvalue weighted by atomic mass is 35.5. The predicted octanol–water partition coefficient (Wildman–Crippen LogP) is 3.09. The number of rotatable bonds is 9. The lowest BCUT2D eigenvalue weighted by atomic mass is 9.99. The second-order valence-electron chi connectivity index (χ2n) is 8.84. The van der Waals surface area contributed by atoms with Gasteiger partial charge in [0.15, 0.2) is 0 Å². The lowest BCUT2D eigenvalue weighted by molar-refractivity contribution is -0.121. The van der Waals surface area contributed by atoms with Crippen LogP contribution in [0.4, 0.5) is 0 Å². The van der Waals surface area contributed by atoms with Crippen molar-refractivity contribution in [1.29, 1.82) is 0 Å².